The van der Waals surface area contributed by atoms with E-state index in [-0.39, 0.29) is 5.91 Å². The molecule has 6 heteroatoms. The molecule has 1 aliphatic rings. The Morgan fingerprint density at radius 3 is 2.75 bits per heavy atom. The summed E-state index contributed by atoms with van der Waals surface area (Å²) in [5.41, 5.74) is 1.98. The van der Waals surface area contributed by atoms with Crippen molar-refractivity contribution in [2.75, 3.05) is 36.5 Å². The van der Waals surface area contributed by atoms with Gasteiger partial charge in [0.2, 0.25) is 5.91 Å². The van der Waals surface area contributed by atoms with Gasteiger partial charge in [0.25, 0.3) is 0 Å². The molecule has 0 bridgehead atoms. The maximum Gasteiger partial charge on any atom is 0.248 e. The quantitative estimate of drug-likeness (QED) is 0.675. The van der Waals surface area contributed by atoms with Crippen LogP contribution < -0.4 is 10.2 Å². The van der Waals surface area contributed by atoms with E-state index in [4.69, 9.17) is 9.15 Å². The van der Waals surface area contributed by atoms with Crippen molar-refractivity contribution >= 4 is 29.6 Å². The van der Waals surface area contributed by atoms with Gasteiger partial charge in [-0.25, -0.2) is 0 Å². The van der Waals surface area contributed by atoms with Crippen LogP contribution in [0.25, 0.3) is 6.08 Å². The lowest BCUT2D eigenvalue weighted by molar-refractivity contribution is -0.111. The van der Waals surface area contributed by atoms with Crippen LogP contribution in [0.3, 0.4) is 0 Å². The molecule has 1 N–H and O–H groups in total. The average Bonchev–Trinajstić information content (AvgIpc) is 3.14. The van der Waals surface area contributed by atoms with E-state index in [9.17, 15) is 9.59 Å². The molecule has 2 heterocycles. The number of carbonyl (C=O) groups is 2. The molecule has 0 atom stereocenters. The minimum absolute atomic E-state index is 0.289. The van der Waals surface area contributed by atoms with Crippen molar-refractivity contribution in [3.05, 3.63) is 54.0 Å². The Morgan fingerprint density at radius 2 is 2.04 bits per heavy atom. The Hall–Kier alpha value is -2.86. The molecule has 0 aliphatic carbocycles. The van der Waals surface area contributed by atoms with E-state index in [0.29, 0.717) is 30.2 Å². The van der Waals surface area contributed by atoms with Crippen molar-refractivity contribution in [3.8, 4) is 0 Å². The number of hydrogen-bond donors (Lipinski definition) is 1. The molecule has 1 aromatic carbocycles. The lowest BCUT2D eigenvalue weighted by Gasteiger charge is -2.30. The van der Waals surface area contributed by atoms with Crippen molar-refractivity contribution < 1.29 is 18.7 Å². The lowest BCUT2D eigenvalue weighted by atomic mass is 10.1. The van der Waals surface area contributed by atoms with E-state index in [0.717, 1.165) is 25.1 Å². The molecule has 1 saturated heterocycles. The highest BCUT2D eigenvalue weighted by Gasteiger charge is 2.15. The number of aldehydes is 1. The molecule has 3 rings (SSSR count). The Labute approximate surface area is 139 Å². The van der Waals surface area contributed by atoms with E-state index < -0.39 is 0 Å². The fourth-order valence-corrected chi connectivity index (χ4v) is 2.55. The van der Waals surface area contributed by atoms with Gasteiger partial charge in [-0.1, -0.05) is 0 Å². The van der Waals surface area contributed by atoms with Gasteiger partial charge >= 0.3 is 0 Å². The minimum atomic E-state index is -0.289. The minimum Gasteiger partial charge on any atom is -0.465 e. The summed E-state index contributed by atoms with van der Waals surface area (Å²) in [5, 5.41) is 2.74. The predicted molar refractivity (Wildman–Crippen MR) is 91.2 cm³/mol. The average molecular weight is 326 g/mol. The van der Waals surface area contributed by atoms with Gasteiger partial charge in [-0.15, -0.1) is 0 Å². The van der Waals surface area contributed by atoms with Crippen molar-refractivity contribution in [1.82, 2.24) is 0 Å². The monoisotopic (exact) mass is 326 g/mol. The third-order valence-corrected chi connectivity index (χ3v) is 3.72. The zero-order valence-electron chi connectivity index (χ0n) is 13.1. The molecule has 1 aromatic heterocycles. The summed E-state index contributed by atoms with van der Waals surface area (Å²) in [5.74, 6) is 0.309. The maximum absolute atomic E-state index is 11.9. The van der Waals surface area contributed by atoms with Gasteiger partial charge in [0.05, 0.1) is 19.5 Å². The Morgan fingerprint density at radius 1 is 1.21 bits per heavy atom. The number of amides is 1. The second kappa shape index (κ2) is 7.61. The summed E-state index contributed by atoms with van der Waals surface area (Å²) in [7, 11) is 0. The normalized spacial score (nSPS) is 14.8. The van der Waals surface area contributed by atoms with Crippen LogP contribution in [0, 0.1) is 0 Å². The van der Waals surface area contributed by atoms with Crippen molar-refractivity contribution in [2.45, 2.75) is 0 Å². The van der Waals surface area contributed by atoms with Crippen LogP contribution in [0.5, 0.6) is 0 Å². The van der Waals surface area contributed by atoms with Gasteiger partial charge in [-0.3, -0.25) is 9.59 Å². The summed E-state index contributed by atoms with van der Waals surface area (Å²) in [6.45, 7) is 2.79. The summed E-state index contributed by atoms with van der Waals surface area (Å²) >= 11 is 0. The number of rotatable bonds is 5. The van der Waals surface area contributed by atoms with Crippen LogP contribution in [0.4, 0.5) is 11.4 Å². The molecule has 1 amide bonds. The molecule has 1 aliphatic heterocycles. The smallest absolute Gasteiger partial charge is 0.248 e. The second-order valence-electron chi connectivity index (χ2n) is 5.33. The van der Waals surface area contributed by atoms with Crippen molar-refractivity contribution in [1.29, 1.82) is 0 Å². The summed E-state index contributed by atoms with van der Waals surface area (Å²) < 4.78 is 10.5. The van der Waals surface area contributed by atoms with Crippen molar-refractivity contribution in [2.24, 2.45) is 0 Å². The van der Waals surface area contributed by atoms with Crippen LogP contribution in [0.2, 0.25) is 0 Å². The van der Waals surface area contributed by atoms with Gasteiger partial charge in [0.15, 0.2) is 6.29 Å². The zero-order chi connectivity index (χ0) is 16.8. The summed E-state index contributed by atoms with van der Waals surface area (Å²) in [4.78, 5) is 25.4. The topological polar surface area (TPSA) is 71.8 Å². The molecule has 0 spiro atoms. The Balaban J connectivity index is 1.69. The third kappa shape index (κ3) is 3.91. The highest BCUT2D eigenvalue weighted by Crippen LogP contribution is 2.24. The molecule has 0 saturated carbocycles. The van der Waals surface area contributed by atoms with Crippen LogP contribution in [-0.4, -0.2) is 38.5 Å². The number of hydrogen-bond acceptors (Lipinski definition) is 5. The highest BCUT2D eigenvalue weighted by molar-refractivity contribution is 6.02. The van der Waals surface area contributed by atoms with E-state index in [1.165, 1.54) is 12.3 Å². The highest BCUT2D eigenvalue weighted by atomic mass is 16.5. The second-order valence-corrected chi connectivity index (χ2v) is 5.33. The number of ether oxygens (including phenoxy) is 1. The van der Waals surface area contributed by atoms with E-state index >= 15 is 0 Å². The van der Waals surface area contributed by atoms with Gasteiger partial charge in [-0.2, -0.15) is 0 Å². The van der Waals surface area contributed by atoms with Crippen LogP contribution >= 0.6 is 0 Å². The largest absolute Gasteiger partial charge is 0.465 e. The number of nitrogens with one attached hydrogen (secondary N) is 1. The molecule has 0 radical (unpaired) electrons. The fourth-order valence-electron chi connectivity index (χ4n) is 2.55. The molecule has 0 unspecified atom stereocenters. The van der Waals surface area contributed by atoms with E-state index in [1.54, 1.807) is 30.3 Å². The molecular weight excluding hydrogens is 308 g/mol. The number of carbonyl (C=O) groups excluding carboxylic acids is 2. The Kier molecular flexibility index (Phi) is 5.08. The van der Waals surface area contributed by atoms with Gasteiger partial charge in [0.1, 0.15) is 5.76 Å². The van der Waals surface area contributed by atoms with Crippen LogP contribution in [-0.2, 0) is 9.53 Å². The maximum atomic E-state index is 11.9. The number of nitrogens with zero attached hydrogens (tertiary/aromatic N) is 1. The lowest BCUT2D eigenvalue weighted by Crippen LogP contribution is -2.36. The first-order valence-corrected chi connectivity index (χ1v) is 7.71. The molecule has 1 fully saturated rings. The summed E-state index contributed by atoms with van der Waals surface area (Å²) in [6, 6.07) is 8.82. The van der Waals surface area contributed by atoms with Gasteiger partial charge in [0, 0.05) is 36.1 Å². The molecular formula is C18H18N2O4. The molecule has 6 nitrogen and oxygen atoms in total. The predicted octanol–water partition coefficient (Wildman–Crippen LogP) is 2.58. The zero-order valence-corrected chi connectivity index (χ0v) is 13.1. The Bertz CT molecular complexity index is 731. The SMILES string of the molecule is O=Cc1cc(NC(=O)/C=C/c2ccco2)ccc1N1CCOCC1. The molecule has 2 aromatic rings. The molecule has 124 valence electrons. The van der Waals surface area contributed by atoms with Crippen LogP contribution in [0.1, 0.15) is 16.1 Å². The number of anilines is 2. The van der Waals surface area contributed by atoms with E-state index in [1.807, 2.05) is 6.07 Å². The first-order chi connectivity index (χ1) is 11.8. The van der Waals surface area contributed by atoms with E-state index in [2.05, 4.69) is 10.2 Å². The standard InChI is InChI=1S/C18H18N2O4/c21-13-14-12-15(3-5-17(14)20-7-10-23-11-8-20)19-18(22)6-4-16-2-1-9-24-16/h1-6,9,12-13H,7-8,10-11H2,(H,19,22)/b6-4+. The first kappa shape index (κ1) is 16.0. The third-order valence-electron chi connectivity index (χ3n) is 3.72. The number of benzene rings is 1. The first-order valence-electron chi connectivity index (χ1n) is 7.71. The van der Waals surface area contributed by atoms with Gasteiger partial charge < -0.3 is 19.4 Å². The van der Waals surface area contributed by atoms with Crippen molar-refractivity contribution in [3.63, 3.8) is 0 Å². The van der Waals surface area contributed by atoms with Crippen LogP contribution in [0.15, 0.2) is 47.1 Å². The fraction of sp³-hybridized carbons (Fsp3) is 0.222. The number of furan rings is 1. The summed E-state index contributed by atoms with van der Waals surface area (Å²) in [6.07, 6.45) is 5.31. The molecule has 24 heavy (non-hydrogen) atoms. The van der Waals surface area contributed by atoms with Gasteiger partial charge in [-0.05, 0) is 36.4 Å². The number of morpholine rings is 1.